The first-order valence-corrected chi connectivity index (χ1v) is 16.1. The molecule has 0 aromatic rings. The molecule has 0 saturated heterocycles. The fourth-order valence-corrected chi connectivity index (χ4v) is 5.40. The molecule has 0 spiro atoms. The normalized spacial score (nSPS) is 13.9. The highest BCUT2D eigenvalue weighted by Crippen LogP contribution is 2.24. The predicted octanol–water partition coefficient (Wildman–Crippen LogP) is 7.80. The largest absolute Gasteiger partial charge is 0.465 e. The number of carbonyl (C=O) groups is 3. The average molecular weight is 538 g/mol. The van der Waals surface area contributed by atoms with Crippen LogP contribution in [0.1, 0.15) is 149 Å². The number of rotatable bonds is 26. The van der Waals surface area contributed by atoms with Gasteiger partial charge in [0.1, 0.15) is 6.29 Å². The number of hydrogen-bond donors (Lipinski definition) is 0. The monoisotopic (exact) mass is 537 g/mol. The molecule has 0 bridgehead atoms. The summed E-state index contributed by atoms with van der Waals surface area (Å²) in [6.07, 6.45) is 22.8. The van der Waals surface area contributed by atoms with Gasteiger partial charge in [0.05, 0.1) is 13.2 Å². The van der Waals surface area contributed by atoms with E-state index in [9.17, 15) is 14.4 Å². The van der Waals surface area contributed by atoms with E-state index in [0.717, 1.165) is 70.7 Å². The summed E-state index contributed by atoms with van der Waals surface area (Å²) in [4.78, 5) is 37.9. The van der Waals surface area contributed by atoms with Gasteiger partial charge >= 0.3 is 11.9 Å². The number of ether oxygens (including phenoxy) is 2. The van der Waals surface area contributed by atoms with Crippen LogP contribution in [-0.4, -0.2) is 55.5 Å². The van der Waals surface area contributed by atoms with Gasteiger partial charge in [-0.15, -0.1) is 0 Å². The van der Waals surface area contributed by atoms with Gasteiger partial charge < -0.3 is 19.2 Å². The summed E-state index contributed by atoms with van der Waals surface area (Å²) >= 11 is 0. The number of unbranched alkanes of at least 4 members (excludes halogenated alkanes) is 10. The second kappa shape index (κ2) is 24.6. The molecular weight excluding hydrogens is 478 g/mol. The predicted molar refractivity (Wildman–Crippen MR) is 155 cm³/mol. The minimum Gasteiger partial charge on any atom is -0.465 e. The van der Waals surface area contributed by atoms with Gasteiger partial charge in [-0.3, -0.25) is 9.59 Å². The minimum atomic E-state index is -0.128. The van der Waals surface area contributed by atoms with Crippen molar-refractivity contribution in [3.05, 3.63) is 0 Å². The summed E-state index contributed by atoms with van der Waals surface area (Å²) in [6.45, 7) is 7.10. The lowest BCUT2D eigenvalue weighted by molar-refractivity contribution is -0.149. The fraction of sp³-hybridized carbons (Fsp3) is 0.906. The van der Waals surface area contributed by atoms with Gasteiger partial charge in [-0.25, -0.2) is 0 Å². The fourth-order valence-electron chi connectivity index (χ4n) is 5.40. The first-order valence-electron chi connectivity index (χ1n) is 16.1. The van der Waals surface area contributed by atoms with Crippen LogP contribution in [0.5, 0.6) is 0 Å². The number of esters is 2. The van der Waals surface area contributed by atoms with Crippen molar-refractivity contribution in [3.63, 3.8) is 0 Å². The van der Waals surface area contributed by atoms with Crippen LogP contribution in [0.4, 0.5) is 0 Å². The second-order valence-electron chi connectivity index (χ2n) is 11.3. The Balaban J connectivity index is 2.44. The molecule has 0 aromatic carbocycles. The van der Waals surface area contributed by atoms with E-state index in [1.165, 1.54) is 64.2 Å². The Morgan fingerprint density at radius 2 is 1.26 bits per heavy atom. The lowest BCUT2D eigenvalue weighted by Crippen LogP contribution is -2.35. The molecule has 1 rings (SSSR count). The van der Waals surface area contributed by atoms with Crippen LogP contribution >= 0.6 is 0 Å². The van der Waals surface area contributed by atoms with Crippen LogP contribution in [0.3, 0.4) is 0 Å². The second-order valence-corrected chi connectivity index (χ2v) is 11.3. The quantitative estimate of drug-likeness (QED) is 0.0636. The summed E-state index contributed by atoms with van der Waals surface area (Å²) in [6, 6.07) is 0.661. The minimum absolute atomic E-state index is 0.0538. The topological polar surface area (TPSA) is 72.9 Å². The lowest BCUT2D eigenvalue weighted by atomic mass is 10.0. The van der Waals surface area contributed by atoms with Crippen molar-refractivity contribution in [1.29, 1.82) is 0 Å². The third kappa shape index (κ3) is 18.8. The highest BCUT2D eigenvalue weighted by molar-refractivity contribution is 5.69. The maximum Gasteiger partial charge on any atom is 0.305 e. The van der Waals surface area contributed by atoms with E-state index in [1.807, 2.05) is 0 Å². The number of carbonyl (C=O) groups excluding carboxylic acids is 3. The molecule has 0 aromatic heterocycles. The van der Waals surface area contributed by atoms with Crippen LogP contribution in [0.2, 0.25) is 0 Å². The molecule has 1 aliphatic rings. The van der Waals surface area contributed by atoms with Crippen molar-refractivity contribution in [2.75, 3.05) is 26.3 Å². The van der Waals surface area contributed by atoms with Gasteiger partial charge in [-0.05, 0) is 58.0 Å². The zero-order chi connectivity index (χ0) is 27.7. The molecule has 6 heteroatoms. The zero-order valence-corrected chi connectivity index (χ0v) is 24.9. The zero-order valence-electron chi connectivity index (χ0n) is 24.9. The highest BCUT2D eigenvalue weighted by Gasteiger charge is 2.22. The Morgan fingerprint density at radius 1 is 0.737 bits per heavy atom. The Labute approximate surface area is 234 Å². The van der Waals surface area contributed by atoms with Gasteiger partial charge in [0.25, 0.3) is 0 Å². The van der Waals surface area contributed by atoms with E-state index in [1.54, 1.807) is 0 Å². The maximum atomic E-state index is 12.3. The van der Waals surface area contributed by atoms with E-state index in [2.05, 4.69) is 18.7 Å². The SMILES string of the molecule is CCCCCCCC(=O)OCC(CCCCN(CCCC=O)C1CCCC1)COC(=O)CCCCCCC. The van der Waals surface area contributed by atoms with Crippen LogP contribution in [0, 0.1) is 5.92 Å². The Kier molecular flexibility index (Phi) is 22.4. The Bertz CT molecular complexity index is 560. The molecule has 222 valence electrons. The molecule has 0 radical (unpaired) electrons. The average Bonchev–Trinajstić information content (AvgIpc) is 3.46. The lowest BCUT2D eigenvalue weighted by Gasteiger charge is -2.29. The van der Waals surface area contributed by atoms with Crippen molar-refractivity contribution in [3.8, 4) is 0 Å². The molecule has 1 aliphatic carbocycles. The van der Waals surface area contributed by atoms with Crippen LogP contribution in [0.15, 0.2) is 0 Å². The van der Waals surface area contributed by atoms with Gasteiger partial charge in [0, 0.05) is 31.2 Å². The smallest absolute Gasteiger partial charge is 0.305 e. The highest BCUT2D eigenvalue weighted by atomic mass is 16.5. The molecule has 0 N–H and O–H groups in total. The molecule has 6 nitrogen and oxygen atoms in total. The Morgan fingerprint density at radius 3 is 1.79 bits per heavy atom. The van der Waals surface area contributed by atoms with Gasteiger partial charge in [0.15, 0.2) is 0 Å². The van der Waals surface area contributed by atoms with Crippen molar-refractivity contribution in [1.82, 2.24) is 4.90 Å². The maximum absolute atomic E-state index is 12.3. The Hall–Kier alpha value is -1.43. The first kappa shape index (κ1) is 34.6. The van der Waals surface area contributed by atoms with E-state index in [0.29, 0.717) is 38.5 Å². The summed E-state index contributed by atoms with van der Waals surface area (Å²) in [5, 5.41) is 0. The molecule has 0 heterocycles. The number of aldehydes is 1. The number of hydrogen-bond acceptors (Lipinski definition) is 6. The molecule has 0 unspecified atom stereocenters. The third-order valence-electron chi connectivity index (χ3n) is 7.85. The molecule has 1 fully saturated rings. The van der Waals surface area contributed by atoms with Crippen molar-refractivity contribution >= 4 is 18.2 Å². The standard InChI is InChI=1S/C32H59NO5/c1-3-5-7-9-11-22-31(35)37-27-29(28-38-32(36)23-12-10-8-6-4-2)19-15-16-24-33(25-17-18-26-34)30-20-13-14-21-30/h26,29-30H,3-25,27-28H2,1-2H3. The van der Waals surface area contributed by atoms with Crippen LogP contribution < -0.4 is 0 Å². The van der Waals surface area contributed by atoms with Crippen LogP contribution in [-0.2, 0) is 23.9 Å². The molecule has 0 aliphatic heterocycles. The molecule has 0 atom stereocenters. The first-order chi connectivity index (χ1) is 18.6. The summed E-state index contributed by atoms with van der Waals surface area (Å²) in [5.74, 6) is -0.203. The van der Waals surface area contributed by atoms with E-state index < -0.39 is 0 Å². The summed E-state index contributed by atoms with van der Waals surface area (Å²) < 4.78 is 11.2. The molecule has 38 heavy (non-hydrogen) atoms. The number of nitrogens with zero attached hydrogens (tertiary/aromatic N) is 1. The van der Waals surface area contributed by atoms with E-state index in [4.69, 9.17) is 9.47 Å². The third-order valence-corrected chi connectivity index (χ3v) is 7.85. The van der Waals surface area contributed by atoms with Gasteiger partial charge in [-0.1, -0.05) is 84.5 Å². The molecule has 0 amide bonds. The van der Waals surface area contributed by atoms with Crippen LogP contribution in [0.25, 0.3) is 0 Å². The van der Waals surface area contributed by atoms with Crippen molar-refractivity contribution in [2.45, 2.75) is 155 Å². The van der Waals surface area contributed by atoms with Gasteiger partial charge in [-0.2, -0.15) is 0 Å². The van der Waals surface area contributed by atoms with Gasteiger partial charge in [0.2, 0.25) is 0 Å². The summed E-state index contributed by atoms with van der Waals surface area (Å²) in [5.41, 5.74) is 0. The summed E-state index contributed by atoms with van der Waals surface area (Å²) in [7, 11) is 0. The molecular formula is C32H59NO5. The van der Waals surface area contributed by atoms with E-state index >= 15 is 0 Å². The molecule has 1 saturated carbocycles. The van der Waals surface area contributed by atoms with Crippen molar-refractivity contribution < 1.29 is 23.9 Å². The van der Waals surface area contributed by atoms with E-state index in [-0.39, 0.29) is 17.9 Å². The van der Waals surface area contributed by atoms with Crippen molar-refractivity contribution in [2.24, 2.45) is 5.92 Å².